The summed E-state index contributed by atoms with van der Waals surface area (Å²) in [7, 11) is 2.23. The van der Waals surface area contributed by atoms with Crippen LogP contribution in [0.1, 0.15) is 40.0 Å². The molecule has 1 unspecified atom stereocenters. The zero-order valence-electron chi connectivity index (χ0n) is 12.8. The maximum absolute atomic E-state index is 5.64. The van der Waals surface area contributed by atoms with Crippen molar-refractivity contribution in [3.05, 3.63) is 0 Å². The first-order chi connectivity index (χ1) is 8.45. The van der Waals surface area contributed by atoms with E-state index in [0.717, 1.165) is 25.6 Å². The van der Waals surface area contributed by atoms with Gasteiger partial charge in [0.25, 0.3) is 0 Å². The summed E-state index contributed by atoms with van der Waals surface area (Å²) in [5.41, 5.74) is 6.06. The Morgan fingerprint density at radius 3 is 2.50 bits per heavy atom. The van der Waals surface area contributed by atoms with E-state index in [4.69, 9.17) is 5.73 Å². The maximum atomic E-state index is 5.64. The van der Waals surface area contributed by atoms with E-state index in [1.807, 2.05) is 0 Å². The molecule has 0 aliphatic carbocycles. The average Bonchev–Trinajstić information content (AvgIpc) is 2.35. The van der Waals surface area contributed by atoms with Gasteiger partial charge in [-0.3, -0.25) is 0 Å². The van der Waals surface area contributed by atoms with Crippen LogP contribution in [0.2, 0.25) is 0 Å². The first-order valence-corrected chi connectivity index (χ1v) is 7.55. The fourth-order valence-corrected chi connectivity index (χ4v) is 2.81. The minimum atomic E-state index is 0.424. The van der Waals surface area contributed by atoms with Crippen molar-refractivity contribution in [3.8, 4) is 0 Å². The molecule has 18 heavy (non-hydrogen) atoms. The molecule has 3 nitrogen and oxygen atoms in total. The lowest BCUT2D eigenvalue weighted by molar-refractivity contribution is 0.113. The largest absolute Gasteiger partial charge is 0.330 e. The number of hydrogen-bond donors (Lipinski definition) is 2. The molecule has 1 aliphatic heterocycles. The number of nitrogens with two attached hydrogens (primary N) is 1. The topological polar surface area (TPSA) is 41.3 Å². The normalized spacial score (nSPS) is 21.2. The Hall–Kier alpha value is -0.120. The third-order valence-electron chi connectivity index (χ3n) is 4.62. The Kier molecular flexibility index (Phi) is 6.61. The SMILES string of the molecule is CC(CN)CCNCC(C)(C)C1CCN(C)CC1. The summed E-state index contributed by atoms with van der Waals surface area (Å²) >= 11 is 0. The highest BCUT2D eigenvalue weighted by molar-refractivity contribution is 4.84. The van der Waals surface area contributed by atoms with E-state index in [9.17, 15) is 0 Å². The van der Waals surface area contributed by atoms with Crippen molar-refractivity contribution >= 4 is 0 Å². The molecule has 0 saturated carbocycles. The van der Waals surface area contributed by atoms with Gasteiger partial charge >= 0.3 is 0 Å². The first kappa shape index (κ1) is 15.9. The van der Waals surface area contributed by atoms with Crippen molar-refractivity contribution < 1.29 is 0 Å². The predicted molar refractivity (Wildman–Crippen MR) is 79.7 cm³/mol. The molecule has 1 heterocycles. The van der Waals surface area contributed by atoms with Crippen LogP contribution in [-0.2, 0) is 0 Å². The summed E-state index contributed by atoms with van der Waals surface area (Å²) in [5, 5.41) is 3.63. The first-order valence-electron chi connectivity index (χ1n) is 7.55. The van der Waals surface area contributed by atoms with Crippen molar-refractivity contribution in [2.24, 2.45) is 23.0 Å². The molecule has 108 valence electrons. The van der Waals surface area contributed by atoms with Crippen LogP contribution in [0.25, 0.3) is 0 Å². The lowest BCUT2D eigenvalue weighted by atomic mass is 9.73. The molecule has 1 saturated heterocycles. The number of piperidine rings is 1. The van der Waals surface area contributed by atoms with Crippen LogP contribution in [0.15, 0.2) is 0 Å². The van der Waals surface area contributed by atoms with Crippen LogP contribution < -0.4 is 11.1 Å². The fourth-order valence-electron chi connectivity index (χ4n) is 2.81. The standard InChI is InChI=1S/C15H33N3/c1-13(11-16)5-8-17-12-15(2,3)14-6-9-18(4)10-7-14/h13-14,17H,5-12,16H2,1-4H3. The number of hydrogen-bond acceptors (Lipinski definition) is 3. The van der Waals surface area contributed by atoms with Crippen LogP contribution in [0.3, 0.4) is 0 Å². The van der Waals surface area contributed by atoms with Gasteiger partial charge in [0.05, 0.1) is 0 Å². The molecule has 0 aromatic rings. The minimum Gasteiger partial charge on any atom is -0.330 e. The van der Waals surface area contributed by atoms with Gasteiger partial charge in [-0.05, 0) is 69.7 Å². The number of rotatable bonds is 7. The van der Waals surface area contributed by atoms with Gasteiger partial charge in [-0.1, -0.05) is 20.8 Å². The van der Waals surface area contributed by atoms with Gasteiger partial charge in [0, 0.05) is 6.54 Å². The smallest absolute Gasteiger partial charge is 0.000519 e. The van der Waals surface area contributed by atoms with Gasteiger partial charge in [-0.25, -0.2) is 0 Å². The van der Waals surface area contributed by atoms with E-state index in [1.165, 1.54) is 32.4 Å². The second-order valence-electron chi connectivity index (χ2n) is 6.87. The van der Waals surface area contributed by atoms with Crippen molar-refractivity contribution in [3.63, 3.8) is 0 Å². The van der Waals surface area contributed by atoms with E-state index in [2.05, 4.69) is 38.0 Å². The Morgan fingerprint density at radius 2 is 1.94 bits per heavy atom. The Bertz CT molecular complexity index is 220. The van der Waals surface area contributed by atoms with E-state index in [1.54, 1.807) is 0 Å². The molecule has 1 fully saturated rings. The summed E-state index contributed by atoms with van der Waals surface area (Å²) in [6.07, 6.45) is 3.90. The van der Waals surface area contributed by atoms with E-state index < -0.39 is 0 Å². The molecule has 1 rings (SSSR count). The van der Waals surface area contributed by atoms with Crippen molar-refractivity contribution in [2.45, 2.75) is 40.0 Å². The molecule has 0 spiro atoms. The highest BCUT2D eigenvalue weighted by Gasteiger charge is 2.31. The average molecular weight is 255 g/mol. The van der Waals surface area contributed by atoms with Gasteiger partial charge < -0.3 is 16.0 Å². The summed E-state index contributed by atoms with van der Waals surface area (Å²) in [6, 6.07) is 0. The molecular formula is C15H33N3. The summed E-state index contributed by atoms with van der Waals surface area (Å²) in [4.78, 5) is 2.45. The van der Waals surface area contributed by atoms with Gasteiger partial charge in [0.2, 0.25) is 0 Å². The van der Waals surface area contributed by atoms with Crippen LogP contribution in [0.5, 0.6) is 0 Å². The molecule has 1 atom stereocenters. The molecule has 0 aromatic heterocycles. The van der Waals surface area contributed by atoms with Gasteiger partial charge in [0.15, 0.2) is 0 Å². The number of nitrogens with one attached hydrogen (secondary N) is 1. The van der Waals surface area contributed by atoms with Crippen molar-refractivity contribution in [1.29, 1.82) is 0 Å². The van der Waals surface area contributed by atoms with Crippen LogP contribution in [0, 0.1) is 17.3 Å². The van der Waals surface area contributed by atoms with Gasteiger partial charge in [-0.2, -0.15) is 0 Å². The predicted octanol–water partition coefficient (Wildman–Crippen LogP) is 1.93. The zero-order chi connectivity index (χ0) is 13.6. The highest BCUT2D eigenvalue weighted by atomic mass is 15.1. The van der Waals surface area contributed by atoms with Crippen molar-refractivity contribution in [1.82, 2.24) is 10.2 Å². The molecule has 1 aliphatic rings. The van der Waals surface area contributed by atoms with Crippen molar-refractivity contribution in [2.75, 3.05) is 39.8 Å². The Balaban J connectivity index is 2.22. The number of likely N-dealkylation sites (tertiary alicyclic amines) is 1. The summed E-state index contributed by atoms with van der Waals surface area (Å²) in [6.45, 7) is 12.6. The molecular weight excluding hydrogens is 222 g/mol. The fraction of sp³-hybridized carbons (Fsp3) is 1.00. The second-order valence-corrected chi connectivity index (χ2v) is 6.87. The lowest BCUT2D eigenvalue weighted by Gasteiger charge is -2.40. The minimum absolute atomic E-state index is 0.424. The highest BCUT2D eigenvalue weighted by Crippen LogP contribution is 2.34. The maximum Gasteiger partial charge on any atom is 0.000519 e. The monoisotopic (exact) mass is 255 g/mol. The van der Waals surface area contributed by atoms with Crippen LogP contribution >= 0.6 is 0 Å². The van der Waals surface area contributed by atoms with Gasteiger partial charge in [-0.15, -0.1) is 0 Å². The number of nitrogens with zero attached hydrogens (tertiary/aromatic N) is 1. The summed E-state index contributed by atoms with van der Waals surface area (Å²) in [5.74, 6) is 1.51. The quantitative estimate of drug-likeness (QED) is 0.683. The van der Waals surface area contributed by atoms with E-state index in [-0.39, 0.29) is 0 Å². The zero-order valence-corrected chi connectivity index (χ0v) is 12.8. The van der Waals surface area contributed by atoms with E-state index in [0.29, 0.717) is 11.3 Å². The molecule has 0 aromatic carbocycles. The van der Waals surface area contributed by atoms with Crippen LogP contribution in [0.4, 0.5) is 0 Å². The molecule has 3 heteroatoms. The third-order valence-corrected chi connectivity index (χ3v) is 4.62. The van der Waals surface area contributed by atoms with E-state index >= 15 is 0 Å². The Morgan fingerprint density at radius 1 is 1.33 bits per heavy atom. The second kappa shape index (κ2) is 7.46. The summed E-state index contributed by atoms with van der Waals surface area (Å²) < 4.78 is 0. The Labute approximate surface area is 113 Å². The van der Waals surface area contributed by atoms with Crippen LogP contribution in [-0.4, -0.2) is 44.7 Å². The molecule has 0 amide bonds. The molecule has 0 radical (unpaired) electrons. The molecule has 3 N–H and O–H groups in total. The lowest BCUT2D eigenvalue weighted by Crippen LogP contribution is -2.42. The van der Waals surface area contributed by atoms with Gasteiger partial charge in [0.1, 0.15) is 0 Å². The molecule has 0 bridgehead atoms. The third kappa shape index (κ3) is 5.25.